The SMILES string of the molecule is C[Si](C)(C)C#CC(=O)CCCC=C1CC1. The summed E-state index contributed by atoms with van der Waals surface area (Å²) in [4.78, 5) is 11.4. The van der Waals surface area contributed by atoms with Crippen molar-refractivity contribution < 1.29 is 4.79 Å². The lowest BCUT2D eigenvalue weighted by atomic mass is 10.2. The van der Waals surface area contributed by atoms with Crippen molar-refractivity contribution in [2.45, 2.75) is 51.7 Å². The van der Waals surface area contributed by atoms with Crippen molar-refractivity contribution in [3.05, 3.63) is 11.6 Å². The number of Topliss-reactive ketones (excluding diaryl/α,β-unsaturated/α-hetero) is 1. The first kappa shape index (κ1) is 12.3. The molecule has 0 spiro atoms. The molecule has 0 bridgehead atoms. The van der Waals surface area contributed by atoms with Gasteiger partial charge >= 0.3 is 0 Å². The summed E-state index contributed by atoms with van der Waals surface area (Å²) in [6, 6.07) is 0. The van der Waals surface area contributed by atoms with Gasteiger partial charge in [-0.25, -0.2) is 0 Å². The fraction of sp³-hybridized carbons (Fsp3) is 0.615. The van der Waals surface area contributed by atoms with E-state index < -0.39 is 8.07 Å². The molecule has 0 aromatic heterocycles. The van der Waals surface area contributed by atoms with Crippen molar-refractivity contribution >= 4 is 13.9 Å². The van der Waals surface area contributed by atoms with E-state index in [1.54, 1.807) is 5.57 Å². The molecule has 0 unspecified atom stereocenters. The van der Waals surface area contributed by atoms with Crippen LogP contribution in [-0.2, 0) is 4.79 Å². The summed E-state index contributed by atoms with van der Waals surface area (Å²) in [5, 5.41) is 0. The highest BCUT2D eigenvalue weighted by Gasteiger charge is 2.10. The molecular formula is C13H20OSi. The van der Waals surface area contributed by atoms with Gasteiger partial charge in [0.1, 0.15) is 8.07 Å². The second-order valence-electron chi connectivity index (χ2n) is 5.18. The molecule has 1 nitrogen and oxygen atoms in total. The van der Waals surface area contributed by atoms with Gasteiger partial charge in [0.25, 0.3) is 0 Å². The number of allylic oxidation sites excluding steroid dienone is 2. The van der Waals surface area contributed by atoms with Crippen LogP contribution in [0.25, 0.3) is 0 Å². The van der Waals surface area contributed by atoms with Gasteiger partial charge in [-0.05, 0) is 31.6 Å². The monoisotopic (exact) mass is 220 g/mol. The van der Waals surface area contributed by atoms with Gasteiger partial charge in [0.15, 0.2) is 0 Å². The van der Waals surface area contributed by atoms with Gasteiger partial charge < -0.3 is 0 Å². The minimum Gasteiger partial charge on any atom is -0.285 e. The maximum atomic E-state index is 11.4. The Kier molecular flexibility index (Phi) is 4.35. The van der Waals surface area contributed by atoms with E-state index in [-0.39, 0.29) is 5.78 Å². The van der Waals surface area contributed by atoms with Crippen molar-refractivity contribution in [3.8, 4) is 11.5 Å². The van der Waals surface area contributed by atoms with Crippen LogP contribution in [-0.4, -0.2) is 13.9 Å². The average molecular weight is 220 g/mol. The predicted molar refractivity (Wildman–Crippen MR) is 67.3 cm³/mol. The molecule has 0 saturated heterocycles. The molecule has 0 radical (unpaired) electrons. The lowest BCUT2D eigenvalue weighted by molar-refractivity contribution is -0.113. The smallest absolute Gasteiger partial charge is 0.204 e. The molecule has 2 heteroatoms. The summed E-state index contributed by atoms with van der Waals surface area (Å²) in [7, 11) is -1.37. The lowest BCUT2D eigenvalue weighted by Gasteiger charge is -2.02. The summed E-state index contributed by atoms with van der Waals surface area (Å²) < 4.78 is 0. The van der Waals surface area contributed by atoms with Crippen molar-refractivity contribution in [2.75, 3.05) is 0 Å². The molecule has 82 valence electrons. The first-order valence-electron chi connectivity index (χ1n) is 5.71. The zero-order valence-electron chi connectivity index (χ0n) is 10.0. The average Bonchev–Trinajstić information content (AvgIpc) is 2.91. The number of rotatable bonds is 4. The van der Waals surface area contributed by atoms with E-state index in [4.69, 9.17) is 0 Å². The van der Waals surface area contributed by atoms with Crippen LogP contribution in [0, 0.1) is 11.5 Å². The topological polar surface area (TPSA) is 17.1 Å². The van der Waals surface area contributed by atoms with Crippen molar-refractivity contribution in [1.82, 2.24) is 0 Å². The molecule has 1 rings (SSSR count). The molecule has 15 heavy (non-hydrogen) atoms. The Hall–Kier alpha value is -0.813. The Morgan fingerprint density at radius 2 is 2.07 bits per heavy atom. The van der Waals surface area contributed by atoms with Crippen LogP contribution in [0.15, 0.2) is 11.6 Å². The molecule has 1 aliphatic carbocycles. The Bertz CT molecular complexity index is 317. The van der Waals surface area contributed by atoms with Gasteiger partial charge in [0.05, 0.1) is 0 Å². The quantitative estimate of drug-likeness (QED) is 0.307. The minimum absolute atomic E-state index is 0.117. The maximum Gasteiger partial charge on any atom is 0.204 e. The van der Waals surface area contributed by atoms with Gasteiger partial charge in [0.2, 0.25) is 5.78 Å². The van der Waals surface area contributed by atoms with E-state index in [1.807, 2.05) is 0 Å². The fourth-order valence-corrected chi connectivity index (χ4v) is 1.68. The molecule has 1 fully saturated rings. The molecule has 0 aliphatic heterocycles. The van der Waals surface area contributed by atoms with E-state index in [0.717, 1.165) is 12.8 Å². The van der Waals surface area contributed by atoms with Gasteiger partial charge in [-0.2, -0.15) is 0 Å². The number of hydrogen-bond donors (Lipinski definition) is 0. The highest BCUT2D eigenvalue weighted by molar-refractivity contribution is 6.84. The predicted octanol–water partition coefficient (Wildman–Crippen LogP) is 3.33. The zero-order chi connectivity index (χ0) is 11.3. The van der Waals surface area contributed by atoms with Crippen LogP contribution in [0.4, 0.5) is 0 Å². The summed E-state index contributed by atoms with van der Waals surface area (Å²) >= 11 is 0. The van der Waals surface area contributed by atoms with Gasteiger partial charge in [0, 0.05) is 6.42 Å². The van der Waals surface area contributed by atoms with Crippen LogP contribution in [0.5, 0.6) is 0 Å². The second-order valence-corrected chi connectivity index (χ2v) is 9.93. The third-order valence-electron chi connectivity index (χ3n) is 2.16. The summed E-state index contributed by atoms with van der Waals surface area (Å²) in [5.74, 6) is 2.90. The number of hydrogen-bond acceptors (Lipinski definition) is 1. The number of ketones is 1. The lowest BCUT2D eigenvalue weighted by Crippen LogP contribution is -2.17. The van der Waals surface area contributed by atoms with Crippen LogP contribution in [0.1, 0.15) is 32.1 Å². The largest absolute Gasteiger partial charge is 0.285 e. The zero-order valence-corrected chi connectivity index (χ0v) is 11.0. The van der Waals surface area contributed by atoms with Crippen LogP contribution < -0.4 is 0 Å². The van der Waals surface area contributed by atoms with Crippen molar-refractivity contribution in [3.63, 3.8) is 0 Å². The molecule has 0 aromatic carbocycles. The van der Waals surface area contributed by atoms with Gasteiger partial charge in [-0.3, -0.25) is 4.79 Å². The van der Waals surface area contributed by atoms with Crippen molar-refractivity contribution in [1.29, 1.82) is 0 Å². The Labute approximate surface area is 94.0 Å². The van der Waals surface area contributed by atoms with E-state index in [9.17, 15) is 4.79 Å². The molecule has 1 saturated carbocycles. The standard InChI is InChI=1S/C13H20OSi/c1-15(2,3)11-10-13(14)7-5-4-6-12-8-9-12/h6H,4-5,7-9H2,1-3H3. The summed E-state index contributed by atoms with van der Waals surface area (Å²) in [6.45, 7) is 6.47. The normalized spacial score (nSPS) is 14.2. The molecule has 0 atom stereocenters. The molecular weight excluding hydrogens is 200 g/mol. The highest BCUT2D eigenvalue weighted by Crippen LogP contribution is 2.28. The van der Waals surface area contributed by atoms with E-state index in [0.29, 0.717) is 6.42 Å². The molecule has 0 aromatic rings. The van der Waals surface area contributed by atoms with Gasteiger partial charge in [-0.15, -0.1) is 5.54 Å². The first-order valence-corrected chi connectivity index (χ1v) is 9.21. The second kappa shape index (κ2) is 5.32. The Morgan fingerprint density at radius 3 is 2.60 bits per heavy atom. The molecule has 0 amide bonds. The summed E-state index contributed by atoms with van der Waals surface area (Å²) in [5.41, 5.74) is 4.67. The summed E-state index contributed by atoms with van der Waals surface area (Å²) in [6.07, 6.45) is 7.48. The Balaban J connectivity index is 2.17. The van der Waals surface area contributed by atoms with E-state index >= 15 is 0 Å². The maximum absolute atomic E-state index is 11.4. The number of carbonyl (C=O) groups is 1. The third-order valence-corrected chi connectivity index (χ3v) is 3.03. The van der Waals surface area contributed by atoms with Crippen LogP contribution in [0.2, 0.25) is 19.6 Å². The molecule has 0 N–H and O–H groups in total. The third kappa shape index (κ3) is 7.16. The van der Waals surface area contributed by atoms with Gasteiger partial charge in [-0.1, -0.05) is 31.3 Å². The van der Waals surface area contributed by atoms with E-state index in [2.05, 4.69) is 37.2 Å². The highest BCUT2D eigenvalue weighted by atomic mass is 28.3. The van der Waals surface area contributed by atoms with Crippen LogP contribution in [0.3, 0.4) is 0 Å². The van der Waals surface area contributed by atoms with Crippen LogP contribution >= 0.6 is 0 Å². The fourth-order valence-electron chi connectivity index (χ4n) is 1.16. The first-order chi connectivity index (χ1) is 6.97. The number of unbranched alkanes of at least 4 members (excludes halogenated alkanes) is 1. The number of carbonyl (C=O) groups excluding carboxylic acids is 1. The molecule has 0 heterocycles. The van der Waals surface area contributed by atoms with Crippen molar-refractivity contribution in [2.24, 2.45) is 0 Å². The van der Waals surface area contributed by atoms with E-state index in [1.165, 1.54) is 12.8 Å². The Morgan fingerprint density at radius 1 is 1.40 bits per heavy atom. The minimum atomic E-state index is -1.37. The molecule has 1 aliphatic rings.